The number of ether oxygens (including phenoxy) is 1. The molecular formula is C14H13NO2S. The first kappa shape index (κ1) is 11.3. The highest BCUT2D eigenvalue weighted by Gasteiger charge is 2.25. The van der Waals surface area contributed by atoms with E-state index in [1.807, 2.05) is 43.3 Å². The van der Waals surface area contributed by atoms with Gasteiger partial charge >= 0.3 is 0 Å². The predicted octanol–water partition coefficient (Wildman–Crippen LogP) is 2.92. The van der Waals surface area contributed by atoms with Gasteiger partial charge in [-0.1, -0.05) is 18.2 Å². The first-order valence-electron chi connectivity index (χ1n) is 5.83. The van der Waals surface area contributed by atoms with Crippen LogP contribution in [0.25, 0.3) is 0 Å². The minimum Gasteiger partial charge on any atom is -0.491 e. The molecule has 1 amide bonds. The summed E-state index contributed by atoms with van der Waals surface area (Å²) in [4.78, 5) is 14.0. The summed E-state index contributed by atoms with van der Waals surface area (Å²) in [5.41, 5.74) is 1.05. The lowest BCUT2D eigenvalue weighted by molar-refractivity contribution is 0.0934. The van der Waals surface area contributed by atoms with Crippen molar-refractivity contribution in [1.29, 1.82) is 0 Å². The lowest BCUT2D eigenvalue weighted by Gasteiger charge is -2.10. The Morgan fingerprint density at radius 3 is 2.94 bits per heavy atom. The van der Waals surface area contributed by atoms with Crippen LogP contribution >= 0.6 is 11.3 Å². The van der Waals surface area contributed by atoms with E-state index < -0.39 is 0 Å². The highest BCUT2D eigenvalue weighted by atomic mass is 32.1. The van der Waals surface area contributed by atoms with Crippen LogP contribution in [0.4, 0.5) is 0 Å². The molecule has 4 heteroatoms. The Labute approximate surface area is 109 Å². The number of benzene rings is 1. The molecule has 1 aromatic carbocycles. The van der Waals surface area contributed by atoms with Crippen LogP contribution in [0.3, 0.4) is 0 Å². The van der Waals surface area contributed by atoms with Gasteiger partial charge in [-0.25, -0.2) is 0 Å². The van der Waals surface area contributed by atoms with Gasteiger partial charge in [0.1, 0.15) is 12.4 Å². The minimum absolute atomic E-state index is 0.0293. The van der Waals surface area contributed by atoms with Gasteiger partial charge in [-0.05, 0) is 25.1 Å². The first-order valence-corrected chi connectivity index (χ1v) is 6.65. The molecule has 1 unspecified atom stereocenters. The van der Waals surface area contributed by atoms with E-state index in [1.54, 1.807) is 0 Å². The molecule has 0 bridgehead atoms. The number of amides is 1. The molecule has 0 fully saturated rings. The normalized spacial score (nSPS) is 17.1. The number of rotatable bonds is 2. The van der Waals surface area contributed by atoms with E-state index in [9.17, 15) is 4.79 Å². The molecule has 0 aliphatic carbocycles. The van der Waals surface area contributed by atoms with E-state index in [2.05, 4.69) is 5.32 Å². The van der Waals surface area contributed by atoms with Crippen LogP contribution < -0.4 is 10.1 Å². The van der Waals surface area contributed by atoms with Crippen molar-refractivity contribution in [3.63, 3.8) is 0 Å². The van der Waals surface area contributed by atoms with Crippen LogP contribution in [0.15, 0.2) is 36.4 Å². The number of nitrogens with one attached hydrogen (secondary N) is 1. The first-order chi connectivity index (χ1) is 8.74. The fourth-order valence-electron chi connectivity index (χ4n) is 2.07. The van der Waals surface area contributed by atoms with E-state index in [4.69, 9.17) is 4.74 Å². The number of thiophene rings is 1. The van der Waals surface area contributed by atoms with Crippen LogP contribution in [0, 0.1) is 6.92 Å². The van der Waals surface area contributed by atoms with E-state index in [-0.39, 0.29) is 11.9 Å². The summed E-state index contributed by atoms with van der Waals surface area (Å²) >= 11 is 1.51. The summed E-state index contributed by atoms with van der Waals surface area (Å²) in [5.74, 6) is 0.837. The second-order valence-corrected chi connectivity index (χ2v) is 5.57. The molecule has 1 N–H and O–H groups in total. The maximum atomic E-state index is 12.1. The fraction of sp³-hybridized carbons (Fsp3) is 0.214. The molecule has 1 aliphatic heterocycles. The van der Waals surface area contributed by atoms with Gasteiger partial charge in [0.15, 0.2) is 0 Å². The molecule has 92 valence electrons. The Bertz CT molecular complexity index is 591. The van der Waals surface area contributed by atoms with Crippen molar-refractivity contribution in [2.75, 3.05) is 6.61 Å². The zero-order valence-corrected chi connectivity index (χ0v) is 10.8. The van der Waals surface area contributed by atoms with Crippen molar-refractivity contribution in [1.82, 2.24) is 5.32 Å². The number of carbonyl (C=O) groups is 1. The van der Waals surface area contributed by atoms with Gasteiger partial charge in [0.05, 0.1) is 10.9 Å². The van der Waals surface area contributed by atoms with Crippen LogP contribution in [0.1, 0.15) is 26.2 Å². The Morgan fingerprint density at radius 1 is 1.33 bits per heavy atom. The quantitative estimate of drug-likeness (QED) is 0.900. The van der Waals surface area contributed by atoms with Crippen molar-refractivity contribution in [3.05, 3.63) is 51.7 Å². The second kappa shape index (κ2) is 4.46. The van der Waals surface area contributed by atoms with E-state index in [0.717, 1.165) is 21.1 Å². The molecule has 0 saturated heterocycles. The summed E-state index contributed by atoms with van der Waals surface area (Å²) in [5, 5.41) is 3.01. The lowest BCUT2D eigenvalue weighted by Crippen LogP contribution is -2.28. The van der Waals surface area contributed by atoms with E-state index >= 15 is 0 Å². The lowest BCUT2D eigenvalue weighted by atomic mass is 10.1. The summed E-state index contributed by atoms with van der Waals surface area (Å²) in [7, 11) is 0. The minimum atomic E-state index is -0.0453. The van der Waals surface area contributed by atoms with Gasteiger partial charge in [-0.2, -0.15) is 0 Å². The Hall–Kier alpha value is -1.81. The number of hydrogen-bond donors (Lipinski definition) is 1. The van der Waals surface area contributed by atoms with Crippen molar-refractivity contribution >= 4 is 17.2 Å². The third-order valence-electron chi connectivity index (χ3n) is 2.97. The standard InChI is InChI=1S/C14H13NO2S/c1-9-6-7-13(18-9)14(16)15-11-8-17-12-5-3-2-4-10(11)12/h2-7,11H,8H2,1H3,(H,15,16). The molecule has 2 aromatic rings. The van der Waals surface area contributed by atoms with Gasteiger partial charge in [0, 0.05) is 10.4 Å². The highest BCUT2D eigenvalue weighted by molar-refractivity contribution is 7.13. The van der Waals surface area contributed by atoms with E-state index in [0.29, 0.717) is 6.61 Å². The number of carbonyl (C=O) groups excluding carboxylic acids is 1. The van der Waals surface area contributed by atoms with Crippen molar-refractivity contribution in [3.8, 4) is 5.75 Å². The van der Waals surface area contributed by atoms with Crippen LogP contribution in [0.2, 0.25) is 0 Å². The molecule has 1 aliphatic rings. The molecule has 0 spiro atoms. The van der Waals surface area contributed by atoms with Crippen LogP contribution in [0.5, 0.6) is 5.75 Å². The maximum Gasteiger partial charge on any atom is 0.261 e. The van der Waals surface area contributed by atoms with Gasteiger partial charge in [0.25, 0.3) is 5.91 Å². The topological polar surface area (TPSA) is 38.3 Å². The number of para-hydroxylation sites is 1. The monoisotopic (exact) mass is 259 g/mol. The zero-order chi connectivity index (χ0) is 12.5. The number of fused-ring (bicyclic) bond motifs is 1. The van der Waals surface area contributed by atoms with Crippen molar-refractivity contribution in [2.24, 2.45) is 0 Å². The molecule has 0 radical (unpaired) electrons. The van der Waals surface area contributed by atoms with Crippen LogP contribution in [-0.4, -0.2) is 12.5 Å². The zero-order valence-electron chi connectivity index (χ0n) is 9.97. The van der Waals surface area contributed by atoms with Gasteiger partial charge in [-0.15, -0.1) is 11.3 Å². The molecule has 3 nitrogen and oxygen atoms in total. The molecule has 1 aromatic heterocycles. The van der Waals surface area contributed by atoms with Crippen molar-refractivity contribution < 1.29 is 9.53 Å². The van der Waals surface area contributed by atoms with Gasteiger partial charge < -0.3 is 10.1 Å². The summed E-state index contributed by atoms with van der Waals surface area (Å²) in [6.45, 7) is 2.50. The Morgan fingerprint density at radius 2 is 2.17 bits per heavy atom. The maximum absolute atomic E-state index is 12.1. The van der Waals surface area contributed by atoms with Crippen LogP contribution in [-0.2, 0) is 0 Å². The van der Waals surface area contributed by atoms with Crippen molar-refractivity contribution in [2.45, 2.75) is 13.0 Å². The fourth-order valence-corrected chi connectivity index (χ4v) is 2.84. The molecular weight excluding hydrogens is 246 g/mol. The molecule has 18 heavy (non-hydrogen) atoms. The summed E-state index contributed by atoms with van der Waals surface area (Å²) in [6, 6.07) is 11.6. The highest BCUT2D eigenvalue weighted by Crippen LogP contribution is 2.32. The molecule has 1 atom stereocenters. The number of hydrogen-bond acceptors (Lipinski definition) is 3. The average Bonchev–Trinajstić information content (AvgIpc) is 2.97. The number of aryl methyl sites for hydroxylation is 1. The Kier molecular flexibility index (Phi) is 2.80. The molecule has 0 saturated carbocycles. The third kappa shape index (κ3) is 1.99. The Balaban J connectivity index is 1.77. The molecule has 2 heterocycles. The SMILES string of the molecule is Cc1ccc(C(=O)NC2COc3ccccc32)s1. The van der Waals surface area contributed by atoms with Gasteiger partial charge in [-0.3, -0.25) is 4.79 Å². The predicted molar refractivity (Wildman–Crippen MR) is 71.2 cm³/mol. The smallest absolute Gasteiger partial charge is 0.261 e. The third-order valence-corrected chi connectivity index (χ3v) is 3.97. The largest absolute Gasteiger partial charge is 0.491 e. The molecule has 3 rings (SSSR count). The van der Waals surface area contributed by atoms with Gasteiger partial charge in [0.2, 0.25) is 0 Å². The second-order valence-electron chi connectivity index (χ2n) is 4.29. The van der Waals surface area contributed by atoms with E-state index in [1.165, 1.54) is 11.3 Å². The average molecular weight is 259 g/mol. The summed E-state index contributed by atoms with van der Waals surface area (Å²) < 4.78 is 5.54. The summed E-state index contributed by atoms with van der Waals surface area (Å²) in [6.07, 6.45) is 0.